The van der Waals surface area contributed by atoms with Crippen molar-refractivity contribution in [3.63, 3.8) is 0 Å². The Morgan fingerprint density at radius 1 is 0.750 bits per heavy atom. The Bertz CT molecular complexity index is 1030. The molecule has 0 N–H and O–H groups in total. The third kappa shape index (κ3) is 8.78. The number of carbonyl (C=O) groups is 1. The molecule has 36 heavy (non-hydrogen) atoms. The van der Waals surface area contributed by atoms with Gasteiger partial charge in [0.1, 0.15) is 5.75 Å². The maximum atomic E-state index is 12.0. The van der Waals surface area contributed by atoms with E-state index in [1.807, 2.05) is 36.7 Å². The molecular weight excluding hydrogens is 448 g/mol. The SMILES string of the molecule is CCCCCCCCc1ccc(-c2cnc(-c3ccc(OC(C)C(=O)OCCCC)cc3)nc2)cc1. The first-order valence-electron chi connectivity index (χ1n) is 13.5. The molecule has 5 nitrogen and oxygen atoms in total. The van der Waals surface area contributed by atoms with Crippen LogP contribution in [-0.4, -0.2) is 28.6 Å². The molecule has 0 saturated heterocycles. The highest BCUT2D eigenvalue weighted by molar-refractivity contribution is 5.74. The predicted molar refractivity (Wildman–Crippen MR) is 146 cm³/mol. The van der Waals surface area contributed by atoms with Gasteiger partial charge in [-0.25, -0.2) is 14.8 Å². The van der Waals surface area contributed by atoms with E-state index < -0.39 is 6.10 Å². The summed E-state index contributed by atoms with van der Waals surface area (Å²) in [6, 6.07) is 16.2. The van der Waals surface area contributed by atoms with E-state index in [0.29, 0.717) is 18.2 Å². The zero-order chi connectivity index (χ0) is 25.6. The van der Waals surface area contributed by atoms with Crippen molar-refractivity contribution in [1.29, 1.82) is 0 Å². The van der Waals surface area contributed by atoms with Gasteiger partial charge in [0, 0.05) is 23.5 Å². The van der Waals surface area contributed by atoms with Crippen molar-refractivity contribution < 1.29 is 14.3 Å². The van der Waals surface area contributed by atoms with Crippen LogP contribution in [0.15, 0.2) is 60.9 Å². The van der Waals surface area contributed by atoms with E-state index in [1.165, 1.54) is 44.1 Å². The summed E-state index contributed by atoms with van der Waals surface area (Å²) in [6.45, 7) is 6.44. The lowest BCUT2D eigenvalue weighted by Gasteiger charge is -2.14. The molecule has 0 saturated carbocycles. The zero-order valence-corrected chi connectivity index (χ0v) is 22.0. The van der Waals surface area contributed by atoms with Crippen molar-refractivity contribution in [3.8, 4) is 28.3 Å². The Morgan fingerprint density at radius 2 is 1.36 bits per heavy atom. The van der Waals surface area contributed by atoms with E-state index in [2.05, 4.69) is 48.1 Å². The summed E-state index contributed by atoms with van der Waals surface area (Å²) in [5, 5.41) is 0. The van der Waals surface area contributed by atoms with E-state index in [1.54, 1.807) is 6.92 Å². The number of hydrogen-bond acceptors (Lipinski definition) is 5. The number of nitrogens with zero attached hydrogens (tertiary/aromatic N) is 2. The van der Waals surface area contributed by atoms with Crippen molar-refractivity contribution in [2.75, 3.05) is 6.61 Å². The number of hydrogen-bond donors (Lipinski definition) is 0. The number of rotatable bonds is 15. The van der Waals surface area contributed by atoms with E-state index >= 15 is 0 Å². The fraction of sp³-hybridized carbons (Fsp3) is 0.452. The molecule has 0 bridgehead atoms. The minimum absolute atomic E-state index is 0.345. The molecule has 2 aromatic carbocycles. The second-order valence-corrected chi connectivity index (χ2v) is 9.32. The molecular formula is C31H40N2O3. The topological polar surface area (TPSA) is 61.3 Å². The maximum Gasteiger partial charge on any atom is 0.347 e. The Morgan fingerprint density at radius 3 is 2.03 bits per heavy atom. The number of aromatic nitrogens is 2. The molecule has 0 radical (unpaired) electrons. The molecule has 1 aromatic heterocycles. The minimum atomic E-state index is -0.652. The molecule has 3 aromatic rings. The zero-order valence-electron chi connectivity index (χ0n) is 22.0. The Kier molecular flexibility index (Phi) is 11.4. The number of ether oxygens (including phenoxy) is 2. The molecule has 1 atom stereocenters. The first kappa shape index (κ1) is 27.4. The van der Waals surface area contributed by atoms with Gasteiger partial charge in [0.05, 0.1) is 6.61 Å². The third-order valence-electron chi connectivity index (χ3n) is 6.26. The largest absolute Gasteiger partial charge is 0.479 e. The van der Waals surface area contributed by atoms with Crippen molar-refractivity contribution in [3.05, 3.63) is 66.5 Å². The normalized spacial score (nSPS) is 11.8. The first-order valence-corrected chi connectivity index (χ1v) is 13.5. The lowest BCUT2D eigenvalue weighted by Crippen LogP contribution is -2.26. The van der Waals surface area contributed by atoms with Crippen LogP contribution in [0.4, 0.5) is 0 Å². The lowest BCUT2D eigenvalue weighted by atomic mass is 10.0. The smallest absolute Gasteiger partial charge is 0.347 e. The predicted octanol–water partition coefficient (Wildman–Crippen LogP) is 7.82. The summed E-state index contributed by atoms with van der Waals surface area (Å²) < 4.78 is 10.9. The Hall–Kier alpha value is -3.21. The second-order valence-electron chi connectivity index (χ2n) is 9.32. The van der Waals surface area contributed by atoms with Crippen LogP contribution in [0.2, 0.25) is 0 Å². The Labute approximate surface area is 216 Å². The molecule has 0 spiro atoms. The molecule has 192 valence electrons. The van der Waals surface area contributed by atoms with Crippen molar-refractivity contribution in [1.82, 2.24) is 9.97 Å². The number of esters is 1. The molecule has 1 unspecified atom stereocenters. The number of carbonyl (C=O) groups excluding carboxylic acids is 1. The summed E-state index contributed by atoms with van der Waals surface area (Å²) in [4.78, 5) is 21.1. The molecule has 1 heterocycles. The van der Waals surface area contributed by atoms with Gasteiger partial charge in [-0.2, -0.15) is 0 Å². The molecule has 3 rings (SSSR count). The van der Waals surface area contributed by atoms with Gasteiger partial charge >= 0.3 is 5.97 Å². The van der Waals surface area contributed by atoms with Crippen LogP contribution in [0.25, 0.3) is 22.5 Å². The lowest BCUT2D eigenvalue weighted by molar-refractivity contribution is -0.151. The average molecular weight is 489 g/mol. The number of unbranched alkanes of at least 4 members (excludes halogenated alkanes) is 6. The molecule has 0 aliphatic carbocycles. The highest BCUT2D eigenvalue weighted by atomic mass is 16.6. The summed E-state index contributed by atoms with van der Waals surface area (Å²) in [6.07, 6.45) is 14.0. The standard InChI is InChI=1S/C31H40N2O3/c1-4-6-8-9-10-11-12-25-13-15-26(16-14-25)28-22-32-30(33-23-28)27-17-19-29(20-18-27)36-24(3)31(34)35-21-7-5-2/h13-20,22-24H,4-12,21H2,1-3H3. The highest BCUT2D eigenvalue weighted by Crippen LogP contribution is 2.23. The van der Waals surface area contributed by atoms with Gasteiger partial charge in [-0.05, 0) is 61.6 Å². The molecule has 5 heteroatoms. The average Bonchev–Trinajstić information content (AvgIpc) is 2.91. The quantitative estimate of drug-likeness (QED) is 0.161. The van der Waals surface area contributed by atoms with Gasteiger partial charge in [0.25, 0.3) is 0 Å². The molecule has 0 amide bonds. The van der Waals surface area contributed by atoms with Gasteiger partial charge in [0.15, 0.2) is 11.9 Å². The van der Waals surface area contributed by atoms with Gasteiger partial charge < -0.3 is 9.47 Å². The fourth-order valence-electron chi connectivity index (χ4n) is 3.97. The second kappa shape index (κ2) is 15.0. The highest BCUT2D eigenvalue weighted by Gasteiger charge is 2.16. The third-order valence-corrected chi connectivity index (χ3v) is 6.26. The Balaban J connectivity index is 1.51. The van der Waals surface area contributed by atoms with Crippen LogP contribution >= 0.6 is 0 Å². The fourth-order valence-corrected chi connectivity index (χ4v) is 3.97. The van der Waals surface area contributed by atoms with Crippen LogP contribution < -0.4 is 4.74 Å². The summed E-state index contributed by atoms with van der Waals surface area (Å²) in [7, 11) is 0. The number of benzene rings is 2. The minimum Gasteiger partial charge on any atom is -0.479 e. The molecule has 0 aliphatic rings. The van der Waals surface area contributed by atoms with E-state index in [9.17, 15) is 4.79 Å². The molecule has 0 fully saturated rings. The van der Waals surface area contributed by atoms with Crippen molar-refractivity contribution in [2.24, 2.45) is 0 Å². The monoisotopic (exact) mass is 488 g/mol. The van der Waals surface area contributed by atoms with Crippen LogP contribution in [0.1, 0.15) is 77.7 Å². The van der Waals surface area contributed by atoms with Crippen molar-refractivity contribution >= 4 is 5.97 Å². The van der Waals surface area contributed by atoms with E-state index in [0.717, 1.165) is 36.0 Å². The van der Waals surface area contributed by atoms with Gasteiger partial charge in [-0.1, -0.05) is 76.6 Å². The summed E-state index contributed by atoms with van der Waals surface area (Å²) in [5.74, 6) is 0.912. The van der Waals surface area contributed by atoms with Gasteiger partial charge in [0.2, 0.25) is 0 Å². The van der Waals surface area contributed by atoms with Crippen molar-refractivity contribution in [2.45, 2.75) is 84.7 Å². The summed E-state index contributed by atoms with van der Waals surface area (Å²) in [5.41, 5.74) is 4.40. The van der Waals surface area contributed by atoms with E-state index in [-0.39, 0.29) is 5.97 Å². The van der Waals surface area contributed by atoms with E-state index in [4.69, 9.17) is 9.47 Å². The maximum absolute atomic E-state index is 12.0. The van der Waals surface area contributed by atoms with Crippen LogP contribution in [-0.2, 0) is 16.0 Å². The van der Waals surface area contributed by atoms with Crippen LogP contribution in [0.3, 0.4) is 0 Å². The summed E-state index contributed by atoms with van der Waals surface area (Å²) >= 11 is 0. The van der Waals surface area contributed by atoms with Crippen LogP contribution in [0, 0.1) is 0 Å². The van der Waals surface area contributed by atoms with Gasteiger partial charge in [-0.3, -0.25) is 0 Å². The number of aryl methyl sites for hydroxylation is 1. The van der Waals surface area contributed by atoms with Crippen LogP contribution in [0.5, 0.6) is 5.75 Å². The first-order chi connectivity index (χ1) is 17.6. The van der Waals surface area contributed by atoms with Gasteiger partial charge in [-0.15, -0.1) is 0 Å². The molecule has 0 aliphatic heterocycles.